The SMILES string of the molecule is C=CCCCC(C)(C)CO. The first-order chi connectivity index (χ1) is 4.62. The van der Waals surface area contributed by atoms with Crippen LogP contribution in [0.5, 0.6) is 0 Å². The molecule has 0 saturated heterocycles. The van der Waals surface area contributed by atoms with E-state index in [0.29, 0.717) is 0 Å². The third-order valence-electron chi connectivity index (χ3n) is 1.69. The van der Waals surface area contributed by atoms with E-state index in [1.54, 1.807) is 0 Å². The lowest BCUT2D eigenvalue weighted by Crippen LogP contribution is -2.15. The highest BCUT2D eigenvalue weighted by atomic mass is 16.3. The van der Waals surface area contributed by atoms with Gasteiger partial charge in [-0.3, -0.25) is 0 Å². The molecule has 0 aromatic rings. The fourth-order valence-electron chi connectivity index (χ4n) is 0.804. The molecular weight excluding hydrogens is 124 g/mol. The number of aliphatic hydroxyl groups is 1. The summed E-state index contributed by atoms with van der Waals surface area (Å²) in [6.07, 6.45) is 5.20. The van der Waals surface area contributed by atoms with E-state index >= 15 is 0 Å². The Morgan fingerprint density at radius 3 is 2.50 bits per heavy atom. The zero-order chi connectivity index (χ0) is 8.04. The van der Waals surface area contributed by atoms with E-state index in [9.17, 15) is 0 Å². The second-order valence-corrected chi connectivity index (χ2v) is 3.50. The first-order valence-corrected chi connectivity index (χ1v) is 3.84. The molecule has 0 aromatic carbocycles. The minimum Gasteiger partial charge on any atom is -0.396 e. The fraction of sp³-hybridized carbons (Fsp3) is 0.778. The Balaban J connectivity index is 3.36. The fourth-order valence-corrected chi connectivity index (χ4v) is 0.804. The van der Waals surface area contributed by atoms with Gasteiger partial charge >= 0.3 is 0 Å². The molecule has 0 aliphatic rings. The Morgan fingerprint density at radius 1 is 1.50 bits per heavy atom. The van der Waals surface area contributed by atoms with E-state index in [1.807, 2.05) is 6.08 Å². The van der Waals surface area contributed by atoms with E-state index < -0.39 is 0 Å². The van der Waals surface area contributed by atoms with Crippen LogP contribution in [0.15, 0.2) is 12.7 Å². The lowest BCUT2D eigenvalue weighted by Gasteiger charge is -2.20. The minimum atomic E-state index is 0.100. The zero-order valence-corrected chi connectivity index (χ0v) is 7.06. The maximum absolute atomic E-state index is 8.87. The molecule has 0 bridgehead atoms. The Kier molecular flexibility index (Phi) is 4.37. The summed E-state index contributed by atoms with van der Waals surface area (Å²) in [5.74, 6) is 0. The van der Waals surface area contributed by atoms with Gasteiger partial charge in [-0.25, -0.2) is 0 Å². The van der Waals surface area contributed by atoms with Crippen molar-refractivity contribution in [2.45, 2.75) is 33.1 Å². The molecule has 0 aliphatic carbocycles. The Hall–Kier alpha value is -0.300. The maximum atomic E-state index is 8.87. The molecular formula is C9H18O. The summed E-state index contributed by atoms with van der Waals surface area (Å²) in [5.41, 5.74) is 0.100. The van der Waals surface area contributed by atoms with Crippen LogP contribution in [0.1, 0.15) is 33.1 Å². The van der Waals surface area contributed by atoms with Gasteiger partial charge in [-0.2, -0.15) is 0 Å². The van der Waals surface area contributed by atoms with Crippen LogP contribution in [0.2, 0.25) is 0 Å². The predicted octanol–water partition coefficient (Wildman–Crippen LogP) is 2.36. The lowest BCUT2D eigenvalue weighted by molar-refractivity contribution is 0.148. The van der Waals surface area contributed by atoms with Gasteiger partial charge < -0.3 is 5.11 Å². The van der Waals surface area contributed by atoms with Crippen LogP contribution in [0.4, 0.5) is 0 Å². The van der Waals surface area contributed by atoms with Gasteiger partial charge in [-0.05, 0) is 24.7 Å². The van der Waals surface area contributed by atoms with Gasteiger partial charge in [-0.1, -0.05) is 19.9 Å². The summed E-state index contributed by atoms with van der Waals surface area (Å²) in [6, 6.07) is 0. The quantitative estimate of drug-likeness (QED) is 0.461. The molecule has 0 unspecified atom stereocenters. The van der Waals surface area contributed by atoms with Gasteiger partial charge in [0, 0.05) is 6.61 Å². The smallest absolute Gasteiger partial charge is 0.0482 e. The summed E-state index contributed by atoms with van der Waals surface area (Å²) >= 11 is 0. The second-order valence-electron chi connectivity index (χ2n) is 3.50. The molecule has 1 nitrogen and oxygen atoms in total. The average molecular weight is 142 g/mol. The van der Waals surface area contributed by atoms with Crippen molar-refractivity contribution >= 4 is 0 Å². The number of unbranched alkanes of at least 4 members (excludes halogenated alkanes) is 1. The van der Waals surface area contributed by atoms with Crippen LogP contribution in [0.3, 0.4) is 0 Å². The normalized spacial score (nSPS) is 11.5. The van der Waals surface area contributed by atoms with Crippen LogP contribution >= 0.6 is 0 Å². The van der Waals surface area contributed by atoms with Crippen LogP contribution in [0, 0.1) is 5.41 Å². The Bertz CT molecular complexity index is 94.9. The third kappa shape index (κ3) is 4.57. The van der Waals surface area contributed by atoms with Gasteiger partial charge in [0.15, 0.2) is 0 Å². The maximum Gasteiger partial charge on any atom is 0.0482 e. The average Bonchev–Trinajstić information content (AvgIpc) is 1.89. The number of hydrogen-bond donors (Lipinski definition) is 1. The summed E-state index contributed by atoms with van der Waals surface area (Å²) in [6.45, 7) is 8.08. The number of rotatable bonds is 5. The van der Waals surface area contributed by atoms with E-state index in [2.05, 4.69) is 20.4 Å². The Labute approximate surface area is 63.8 Å². The Morgan fingerprint density at radius 2 is 2.10 bits per heavy atom. The van der Waals surface area contributed by atoms with Crippen molar-refractivity contribution < 1.29 is 5.11 Å². The van der Waals surface area contributed by atoms with E-state index in [-0.39, 0.29) is 12.0 Å². The van der Waals surface area contributed by atoms with Crippen LogP contribution in [0.25, 0.3) is 0 Å². The van der Waals surface area contributed by atoms with Gasteiger partial charge in [0.25, 0.3) is 0 Å². The molecule has 0 radical (unpaired) electrons. The molecule has 0 spiro atoms. The summed E-state index contributed by atoms with van der Waals surface area (Å²) in [7, 11) is 0. The van der Waals surface area contributed by atoms with Crippen molar-refractivity contribution in [3.63, 3.8) is 0 Å². The van der Waals surface area contributed by atoms with Crippen molar-refractivity contribution in [2.24, 2.45) is 5.41 Å². The summed E-state index contributed by atoms with van der Waals surface area (Å²) in [5, 5.41) is 8.87. The van der Waals surface area contributed by atoms with E-state index in [0.717, 1.165) is 19.3 Å². The van der Waals surface area contributed by atoms with Crippen LogP contribution in [-0.4, -0.2) is 11.7 Å². The van der Waals surface area contributed by atoms with E-state index in [1.165, 1.54) is 0 Å². The van der Waals surface area contributed by atoms with Gasteiger partial charge in [-0.15, -0.1) is 6.58 Å². The molecule has 10 heavy (non-hydrogen) atoms. The molecule has 0 rings (SSSR count). The molecule has 0 heterocycles. The highest BCUT2D eigenvalue weighted by molar-refractivity contribution is 4.71. The molecule has 0 fully saturated rings. The van der Waals surface area contributed by atoms with Gasteiger partial charge in [0.05, 0.1) is 0 Å². The summed E-state index contributed by atoms with van der Waals surface area (Å²) < 4.78 is 0. The molecule has 0 atom stereocenters. The molecule has 0 aromatic heterocycles. The number of allylic oxidation sites excluding steroid dienone is 1. The third-order valence-corrected chi connectivity index (χ3v) is 1.69. The second kappa shape index (κ2) is 4.51. The van der Waals surface area contributed by atoms with Crippen LogP contribution < -0.4 is 0 Å². The summed E-state index contributed by atoms with van der Waals surface area (Å²) in [4.78, 5) is 0. The molecule has 1 heteroatoms. The largest absolute Gasteiger partial charge is 0.396 e. The number of aliphatic hydroxyl groups excluding tert-OH is 1. The first-order valence-electron chi connectivity index (χ1n) is 3.84. The predicted molar refractivity (Wildman–Crippen MR) is 44.9 cm³/mol. The topological polar surface area (TPSA) is 20.2 Å². The monoisotopic (exact) mass is 142 g/mol. The first kappa shape index (κ1) is 9.70. The van der Waals surface area contributed by atoms with Crippen molar-refractivity contribution in [2.75, 3.05) is 6.61 Å². The van der Waals surface area contributed by atoms with Gasteiger partial charge in [0.1, 0.15) is 0 Å². The molecule has 60 valence electrons. The van der Waals surface area contributed by atoms with E-state index in [4.69, 9.17) is 5.11 Å². The highest BCUT2D eigenvalue weighted by Gasteiger charge is 2.14. The molecule has 0 aliphatic heterocycles. The minimum absolute atomic E-state index is 0.100. The van der Waals surface area contributed by atoms with Gasteiger partial charge in [0.2, 0.25) is 0 Å². The molecule has 1 N–H and O–H groups in total. The molecule has 0 saturated carbocycles. The van der Waals surface area contributed by atoms with Crippen molar-refractivity contribution in [1.82, 2.24) is 0 Å². The molecule has 0 amide bonds. The van der Waals surface area contributed by atoms with Crippen molar-refractivity contribution in [3.8, 4) is 0 Å². The lowest BCUT2D eigenvalue weighted by atomic mass is 9.88. The zero-order valence-electron chi connectivity index (χ0n) is 7.06. The van der Waals surface area contributed by atoms with Crippen molar-refractivity contribution in [3.05, 3.63) is 12.7 Å². The van der Waals surface area contributed by atoms with Crippen molar-refractivity contribution in [1.29, 1.82) is 0 Å². The standard InChI is InChI=1S/C9H18O/c1-4-5-6-7-9(2,3)8-10/h4,10H,1,5-8H2,2-3H3. The highest BCUT2D eigenvalue weighted by Crippen LogP contribution is 2.21. The van der Waals surface area contributed by atoms with Crippen LogP contribution in [-0.2, 0) is 0 Å². The number of hydrogen-bond acceptors (Lipinski definition) is 1.